The number of halogens is 2. The van der Waals surface area contributed by atoms with Gasteiger partial charge in [0.15, 0.2) is 5.82 Å². The second-order valence-corrected chi connectivity index (χ2v) is 5.62. The Hall–Kier alpha value is -1.07. The zero-order valence-electron chi connectivity index (χ0n) is 10.5. The number of pyridine rings is 1. The van der Waals surface area contributed by atoms with Crippen LogP contribution in [0.4, 0.5) is 5.82 Å². The van der Waals surface area contributed by atoms with Crippen molar-refractivity contribution in [3.63, 3.8) is 0 Å². The lowest BCUT2D eigenvalue weighted by Crippen LogP contribution is -2.35. The van der Waals surface area contributed by atoms with Crippen molar-refractivity contribution in [2.24, 2.45) is 5.92 Å². The summed E-state index contributed by atoms with van der Waals surface area (Å²) in [4.78, 5) is 18.0. The van der Waals surface area contributed by atoms with E-state index in [1.807, 2.05) is 11.1 Å². The third-order valence-electron chi connectivity index (χ3n) is 2.79. The number of allylic oxidation sites excluding steroid dienone is 1. The van der Waals surface area contributed by atoms with Crippen LogP contribution in [0.3, 0.4) is 0 Å². The topological polar surface area (TPSA) is 42.4 Å². The molecule has 1 atom stereocenters. The monoisotopic (exact) mass is 344 g/mol. The molecule has 0 aromatic carbocycles. The number of rotatable bonds is 3. The predicted octanol–water partition coefficient (Wildman–Crippen LogP) is 3.36. The van der Waals surface area contributed by atoms with Gasteiger partial charge in [-0.3, -0.25) is 4.79 Å². The summed E-state index contributed by atoms with van der Waals surface area (Å²) in [6.45, 7) is 2.71. The van der Waals surface area contributed by atoms with Crippen molar-refractivity contribution in [2.75, 3.05) is 18.1 Å². The third kappa shape index (κ3) is 3.48. The molecule has 4 nitrogen and oxygen atoms in total. The molecule has 0 aliphatic carbocycles. The molecule has 102 valence electrons. The van der Waals surface area contributed by atoms with E-state index in [2.05, 4.69) is 20.9 Å². The highest BCUT2D eigenvalue weighted by Gasteiger charge is 2.28. The average molecular weight is 346 g/mol. The molecule has 0 saturated carbocycles. The Morgan fingerprint density at radius 1 is 1.68 bits per heavy atom. The first-order valence-electron chi connectivity index (χ1n) is 6.01. The SMILES string of the molecule is CCOC(=O)C1CC(Br)=CN(c2ncccc2Cl)C1. The molecule has 2 rings (SSSR count). The zero-order valence-corrected chi connectivity index (χ0v) is 12.8. The summed E-state index contributed by atoms with van der Waals surface area (Å²) in [7, 11) is 0. The van der Waals surface area contributed by atoms with E-state index < -0.39 is 0 Å². The van der Waals surface area contributed by atoms with E-state index in [1.54, 1.807) is 25.3 Å². The lowest BCUT2D eigenvalue weighted by Gasteiger charge is -2.29. The molecule has 1 aromatic rings. The summed E-state index contributed by atoms with van der Waals surface area (Å²) in [5.41, 5.74) is 0. The molecule has 1 aromatic heterocycles. The first-order valence-corrected chi connectivity index (χ1v) is 7.19. The predicted molar refractivity (Wildman–Crippen MR) is 78.3 cm³/mol. The van der Waals surface area contributed by atoms with Crippen molar-refractivity contribution < 1.29 is 9.53 Å². The standard InChI is InChI=1S/C13H14BrClN2O2/c1-2-19-13(18)9-6-10(14)8-17(7-9)12-11(15)4-3-5-16-12/h3-5,8-9H,2,6-7H2,1H3. The molecule has 0 N–H and O–H groups in total. The van der Waals surface area contributed by atoms with Crippen molar-refractivity contribution in [2.45, 2.75) is 13.3 Å². The Morgan fingerprint density at radius 2 is 2.47 bits per heavy atom. The minimum Gasteiger partial charge on any atom is -0.466 e. The van der Waals surface area contributed by atoms with Crippen LogP contribution in [-0.2, 0) is 9.53 Å². The van der Waals surface area contributed by atoms with E-state index in [9.17, 15) is 4.79 Å². The number of ether oxygens (including phenoxy) is 1. The maximum absolute atomic E-state index is 11.9. The van der Waals surface area contributed by atoms with Crippen molar-refractivity contribution in [1.29, 1.82) is 0 Å². The summed E-state index contributed by atoms with van der Waals surface area (Å²) >= 11 is 9.58. The molecular weight excluding hydrogens is 332 g/mol. The zero-order chi connectivity index (χ0) is 13.8. The van der Waals surface area contributed by atoms with Crippen LogP contribution in [0, 0.1) is 5.92 Å². The molecule has 1 aliphatic heterocycles. The van der Waals surface area contributed by atoms with Gasteiger partial charge in [-0.15, -0.1) is 0 Å². The highest BCUT2D eigenvalue weighted by Crippen LogP contribution is 2.31. The van der Waals surface area contributed by atoms with Crippen molar-refractivity contribution >= 4 is 39.3 Å². The second kappa shape index (κ2) is 6.39. The molecular formula is C13H14BrClN2O2. The van der Waals surface area contributed by atoms with Gasteiger partial charge in [0.25, 0.3) is 0 Å². The first-order chi connectivity index (χ1) is 9.11. The average Bonchev–Trinajstić information content (AvgIpc) is 2.39. The number of aromatic nitrogens is 1. The number of carbonyl (C=O) groups excluding carboxylic acids is 1. The molecule has 2 heterocycles. The fourth-order valence-electron chi connectivity index (χ4n) is 1.97. The molecule has 0 spiro atoms. The molecule has 1 aliphatic rings. The van der Waals surface area contributed by atoms with Gasteiger partial charge in [0, 0.05) is 23.4 Å². The summed E-state index contributed by atoms with van der Waals surface area (Å²) in [5, 5.41) is 0.559. The van der Waals surface area contributed by atoms with Crippen LogP contribution >= 0.6 is 27.5 Å². The Kier molecular flexibility index (Phi) is 4.82. The molecule has 0 radical (unpaired) electrons. The van der Waals surface area contributed by atoms with Crippen molar-refractivity contribution in [3.8, 4) is 0 Å². The molecule has 19 heavy (non-hydrogen) atoms. The maximum atomic E-state index is 11.9. The van der Waals surface area contributed by atoms with E-state index in [0.29, 0.717) is 30.4 Å². The maximum Gasteiger partial charge on any atom is 0.311 e. The van der Waals surface area contributed by atoms with Gasteiger partial charge in [0.05, 0.1) is 17.5 Å². The van der Waals surface area contributed by atoms with Crippen LogP contribution in [0.15, 0.2) is 29.0 Å². The summed E-state index contributed by atoms with van der Waals surface area (Å²) in [5.74, 6) is 0.247. The minimum absolute atomic E-state index is 0.190. The third-order valence-corrected chi connectivity index (χ3v) is 3.61. The molecule has 0 saturated heterocycles. The van der Waals surface area contributed by atoms with Crippen LogP contribution in [0.1, 0.15) is 13.3 Å². The summed E-state index contributed by atoms with van der Waals surface area (Å²) in [6, 6.07) is 3.55. The number of esters is 1. The highest BCUT2D eigenvalue weighted by atomic mass is 79.9. The molecule has 0 fully saturated rings. The van der Waals surface area contributed by atoms with E-state index >= 15 is 0 Å². The van der Waals surface area contributed by atoms with E-state index in [4.69, 9.17) is 16.3 Å². The van der Waals surface area contributed by atoms with Gasteiger partial charge in [0.1, 0.15) is 0 Å². The van der Waals surface area contributed by atoms with Gasteiger partial charge in [-0.25, -0.2) is 4.98 Å². The number of anilines is 1. The molecule has 6 heteroatoms. The quantitative estimate of drug-likeness (QED) is 0.788. The van der Waals surface area contributed by atoms with Gasteiger partial charge >= 0.3 is 5.97 Å². The van der Waals surface area contributed by atoms with Crippen molar-refractivity contribution in [3.05, 3.63) is 34.0 Å². The Bertz CT molecular complexity index is 507. The second-order valence-electron chi connectivity index (χ2n) is 4.19. The van der Waals surface area contributed by atoms with E-state index in [0.717, 1.165) is 4.48 Å². The lowest BCUT2D eigenvalue weighted by molar-refractivity contribution is -0.147. The minimum atomic E-state index is -0.211. The van der Waals surface area contributed by atoms with E-state index in [-0.39, 0.29) is 11.9 Å². The van der Waals surface area contributed by atoms with Crippen molar-refractivity contribution in [1.82, 2.24) is 4.98 Å². The van der Waals surface area contributed by atoms with Crippen LogP contribution < -0.4 is 4.90 Å². The Morgan fingerprint density at radius 3 is 3.16 bits per heavy atom. The van der Waals surface area contributed by atoms with Gasteiger partial charge in [-0.2, -0.15) is 0 Å². The van der Waals surface area contributed by atoms with Crippen LogP contribution in [0.2, 0.25) is 5.02 Å². The van der Waals surface area contributed by atoms with Crippen LogP contribution in [-0.4, -0.2) is 24.1 Å². The Balaban J connectivity index is 2.21. The van der Waals surface area contributed by atoms with Crippen LogP contribution in [0.5, 0.6) is 0 Å². The van der Waals surface area contributed by atoms with Gasteiger partial charge in [-0.05, 0) is 25.5 Å². The number of hydrogen-bond acceptors (Lipinski definition) is 4. The normalized spacial score (nSPS) is 19.0. The smallest absolute Gasteiger partial charge is 0.311 e. The summed E-state index contributed by atoms with van der Waals surface area (Å²) in [6.07, 6.45) is 4.22. The first kappa shape index (κ1) is 14.3. The van der Waals surface area contributed by atoms with Crippen LogP contribution in [0.25, 0.3) is 0 Å². The number of hydrogen-bond donors (Lipinski definition) is 0. The molecule has 1 unspecified atom stereocenters. The molecule has 0 bridgehead atoms. The van der Waals surface area contributed by atoms with Gasteiger partial charge < -0.3 is 9.64 Å². The number of carbonyl (C=O) groups is 1. The fraction of sp³-hybridized carbons (Fsp3) is 0.385. The van der Waals surface area contributed by atoms with Gasteiger partial charge in [-0.1, -0.05) is 27.5 Å². The highest BCUT2D eigenvalue weighted by molar-refractivity contribution is 9.11. The van der Waals surface area contributed by atoms with E-state index in [1.165, 1.54) is 0 Å². The fourth-order valence-corrected chi connectivity index (χ4v) is 2.83. The number of nitrogens with zero attached hydrogens (tertiary/aromatic N) is 2. The Labute approximate surface area is 125 Å². The molecule has 0 amide bonds. The lowest BCUT2D eigenvalue weighted by atomic mass is 10.0. The largest absolute Gasteiger partial charge is 0.466 e. The van der Waals surface area contributed by atoms with Gasteiger partial charge in [0.2, 0.25) is 0 Å². The summed E-state index contributed by atoms with van der Waals surface area (Å²) < 4.78 is 6.01.